The zero-order valence-corrected chi connectivity index (χ0v) is 9.49. The molecule has 1 unspecified atom stereocenters. The molecular formula is C10H19F3N2. The summed E-state index contributed by atoms with van der Waals surface area (Å²) >= 11 is 0. The highest BCUT2D eigenvalue weighted by Crippen LogP contribution is 2.24. The Morgan fingerprint density at radius 2 is 2.00 bits per heavy atom. The fourth-order valence-electron chi connectivity index (χ4n) is 1.90. The minimum atomic E-state index is -4.12. The van der Waals surface area contributed by atoms with Crippen molar-refractivity contribution in [2.24, 2.45) is 0 Å². The lowest BCUT2D eigenvalue weighted by Gasteiger charge is -2.28. The van der Waals surface area contributed by atoms with Crippen LogP contribution in [0.2, 0.25) is 0 Å². The number of hydrogen-bond acceptors (Lipinski definition) is 2. The Labute approximate surface area is 88.8 Å². The number of nitrogens with one attached hydrogen (secondary N) is 1. The van der Waals surface area contributed by atoms with Crippen LogP contribution in [-0.4, -0.2) is 42.3 Å². The van der Waals surface area contributed by atoms with Crippen LogP contribution >= 0.6 is 0 Å². The molecular weight excluding hydrogens is 205 g/mol. The molecule has 0 radical (unpaired) electrons. The minimum Gasteiger partial charge on any atom is -0.302 e. The first-order valence-electron chi connectivity index (χ1n) is 5.28. The Balaban J connectivity index is 2.42. The highest BCUT2D eigenvalue weighted by molar-refractivity contribution is 4.94. The van der Waals surface area contributed by atoms with Crippen molar-refractivity contribution in [3.63, 3.8) is 0 Å². The average Bonchev–Trinajstić information content (AvgIpc) is 2.45. The summed E-state index contributed by atoms with van der Waals surface area (Å²) in [5, 5.41) is 2.62. The third-order valence-electron chi connectivity index (χ3n) is 2.95. The summed E-state index contributed by atoms with van der Waals surface area (Å²) in [4.78, 5) is 2.20. The lowest BCUT2D eigenvalue weighted by molar-refractivity contribution is -0.128. The quantitative estimate of drug-likeness (QED) is 0.789. The van der Waals surface area contributed by atoms with Crippen LogP contribution in [0.5, 0.6) is 0 Å². The molecule has 1 rings (SSSR count). The topological polar surface area (TPSA) is 15.3 Å². The van der Waals surface area contributed by atoms with E-state index in [1.807, 2.05) is 6.92 Å². The SMILES string of the molecule is CC(C)N1CCC(C)(NCC(F)(F)F)C1. The van der Waals surface area contributed by atoms with Gasteiger partial charge in [0.05, 0.1) is 6.54 Å². The number of hydrogen-bond donors (Lipinski definition) is 1. The molecule has 15 heavy (non-hydrogen) atoms. The van der Waals surface area contributed by atoms with E-state index >= 15 is 0 Å². The van der Waals surface area contributed by atoms with Crippen LogP contribution in [0.25, 0.3) is 0 Å². The molecule has 5 heteroatoms. The van der Waals surface area contributed by atoms with Crippen molar-refractivity contribution in [2.75, 3.05) is 19.6 Å². The molecule has 1 heterocycles. The largest absolute Gasteiger partial charge is 0.401 e. The van der Waals surface area contributed by atoms with E-state index in [1.54, 1.807) is 0 Å². The van der Waals surface area contributed by atoms with Gasteiger partial charge in [-0.2, -0.15) is 13.2 Å². The lowest BCUT2D eigenvalue weighted by Crippen LogP contribution is -2.49. The predicted molar refractivity (Wildman–Crippen MR) is 53.8 cm³/mol. The Morgan fingerprint density at radius 1 is 1.40 bits per heavy atom. The molecule has 1 atom stereocenters. The molecule has 1 aliphatic heterocycles. The van der Waals surface area contributed by atoms with Gasteiger partial charge in [-0.3, -0.25) is 4.90 Å². The molecule has 1 N–H and O–H groups in total. The van der Waals surface area contributed by atoms with Gasteiger partial charge in [0.25, 0.3) is 0 Å². The average molecular weight is 224 g/mol. The van der Waals surface area contributed by atoms with E-state index in [2.05, 4.69) is 24.1 Å². The maximum Gasteiger partial charge on any atom is 0.401 e. The van der Waals surface area contributed by atoms with Crippen molar-refractivity contribution in [1.29, 1.82) is 0 Å². The van der Waals surface area contributed by atoms with E-state index in [-0.39, 0.29) is 5.54 Å². The summed E-state index contributed by atoms with van der Waals surface area (Å²) in [7, 11) is 0. The van der Waals surface area contributed by atoms with Crippen molar-refractivity contribution < 1.29 is 13.2 Å². The Hall–Kier alpha value is -0.290. The van der Waals surface area contributed by atoms with Gasteiger partial charge in [-0.1, -0.05) is 0 Å². The summed E-state index contributed by atoms with van der Waals surface area (Å²) in [6.07, 6.45) is -3.34. The fourth-order valence-corrected chi connectivity index (χ4v) is 1.90. The third-order valence-corrected chi connectivity index (χ3v) is 2.95. The van der Waals surface area contributed by atoms with Crippen molar-refractivity contribution in [3.05, 3.63) is 0 Å². The number of alkyl halides is 3. The van der Waals surface area contributed by atoms with Gasteiger partial charge in [0.15, 0.2) is 0 Å². The predicted octanol–water partition coefficient (Wildman–Crippen LogP) is 2.01. The number of halogens is 3. The number of likely N-dealkylation sites (tertiary alicyclic amines) is 1. The number of nitrogens with zero attached hydrogens (tertiary/aromatic N) is 1. The maximum atomic E-state index is 12.1. The molecule has 90 valence electrons. The maximum absolute atomic E-state index is 12.1. The normalized spacial score (nSPS) is 29.0. The summed E-state index contributed by atoms with van der Waals surface area (Å²) in [6, 6.07) is 0.402. The van der Waals surface area contributed by atoms with Crippen LogP contribution in [0, 0.1) is 0 Å². The second-order valence-corrected chi connectivity index (χ2v) is 4.84. The molecule has 0 bridgehead atoms. The van der Waals surface area contributed by atoms with Gasteiger partial charge in [-0.05, 0) is 27.2 Å². The molecule has 0 aromatic heterocycles. The second-order valence-electron chi connectivity index (χ2n) is 4.84. The van der Waals surface area contributed by atoms with Gasteiger partial charge in [0.2, 0.25) is 0 Å². The molecule has 0 saturated carbocycles. The smallest absolute Gasteiger partial charge is 0.302 e. The van der Waals surface area contributed by atoms with E-state index in [9.17, 15) is 13.2 Å². The van der Waals surface area contributed by atoms with Gasteiger partial charge in [-0.15, -0.1) is 0 Å². The zero-order valence-electron chi connectivity index (χ0n) is 9.49. The molecule has 0 aromatic carbocycles. The summed E-state index contributed by atoms with van der Waals surface area (Å²) < 4.78 is 36.2. The molecule has 0 aromatic rings. The summed E-state index contributed by atoms with van der Waals surface area (Å²) in [5.41, 5.74) is -0.389. The van der Waals surface area contributed by atoms with E-state index in [1.165, 1.54) is 0 Å². The minimum absolute atomic E-state index is 0.389. The lowest BCUT2D eigenvalue weighted by atomic mass is 10.0. The van der Waals surface area contributed by atoms with Crippen LogP contribution in [0.1, 0.15) is 27.2 Å². The van der Waals surface area contributed by atoms with Gasteiger partial charge in [0, 0.05) is 24.7 Å². The van der Waals surface area contributed by atoms with Gasteiger partial charge < -0.3 is 5.32 Å². The summed E-state index contributed by atoms with van der Waals surface area (Å²) in [5.74, 6) is 0. The van der Waals surface area contributed by atoms with E-state index < -0.39 is 12.7 Å². The van der Waals surface area contributed by atoms with Gasteiger partial charge >= 0.3 is 6.18 Å². The van der Waals surface area contributed by atoms with Crippen molar-refractivity contribution in [3.8, 4) is 0 Å². The molecule has 2 nitrogen and oxygen atoms in total. The van der Waals surface area contributed by atoms with E-state index in [0.717, 1.165) is 13.0 Å². The van der Waals surface area contributed by atoms with Crippen LogP contribution in [0.15, 0.2) is 0 Å². The molecule has 0 amide bonds. The first kappa shape index (κ1) is 12.8. The Morgan fingerprint density at radius 3 is 2.40 bits per heavy atom. The molecule has 0 aliphatic carbocycles. The third kappa shape index (κ3) is 3.99. The van der Waals surface area contributed by atoms with Crippen LogP contribution < -0.4 is 5.32 Å². The van der Waals surface area contributed by atoms with Crippen LogP contribution in [-0.2, 0) is 0 Å². The van der Waals surface area contributed by atoms with E-state index in [4.69, 9.17) is 0 Å². The monoisotopic (exact) mass is 224 g/mol. The van der Waals surface area contributed by atoms with Crippen molar-refractivity contribution in [2.45, 2.75) is 44.9 Å². The van der Waals surface area contributed by atoms with Crippen molar-refractivity contribution in [1.82, 2.24) is 10.2 Å². The molecule has 1 saturated heterocycles. The molecule has 1 aliphatic rings. The van der Waals surface area contributed by atoms with E-state index in [0.29, 0.717) is 12.6 Å². The number of rotatable bonds is 3. The highest BCUT2D eigenvalue weighted by atomic mass is 19.4. The first-order chi connectivity index (χ1) is 6.72. The highest BCUT2D eigenvalue weighted by Gasteiger charge is 2.37. The zero-order chi connectivity index (χ0) is 11.7. The first-order valence-corrected chi connectivity index (χ1v) is 5.28. The van der Waals surface area contributed by atoms with Crippen molar-refractivity contribution >= 4 is 0 Å². The Bertz CT molecular complexity index is 215. The summed E-state index contributed by atoms with van der Waals surface area (Å²) in [6.45, 7) is 6.67. The Kier molecular flexibility index (Phi) is 3.66. The second kappa shape index (κ2) is 4.29. The fraction of sp³-hybridized carbons (Fsp3) is 1.00. The molecule has 0 spiro atoms. The van der Waals surface area contributed by atoms with Gasteiger partial charge in [-0.25, -0.2) is 0 Å². The van der Waals surface area contributed by atoms with Crippen LogP contribution in [0.4, 0.5) is 13.2 Å². The standard InChI is InChI=1S/C10H19F3N2/c1-8(2)15-5-4-9(3,7-15)14-6-10(11,12)13/h8,14H,4-7H2,1-3H3. The van der Waals surface area contributed by atoms with Gasteiger partial charge in [0.1, 0.15) is 0 Å². The molecule has 1 fully saturated rings. The van der Waals surface area contributed by atoms with Crippen LogP contribution in [0.3, 0.4) is 0 Å².